The fourth-order valence-electron chi connectivity index (χ4n) is 2.04. The molecule has 104 valence electrons. The van der Waals surface area contributed by atoms with Gasteiger partial charge in [-0.1, -0.05) is 6.92 Å². The van der Waals surface area contributed by atoms with Gasteiger partial charge in [-0.25, -0.2) is 4.79 Å². The lowest BCUT2D eigenvalue weighted by atomic mass is 10.0. The summed E-state index contributed by atoms with van der Waals surface area (Å²) in [7, 11) is 0. The number of ether oxygens (including phenoxy) is 1. The van der Waals surface area contributed by atoms with Crippen molar-refractivity contribution in [2.45, 2.75) is 45.2 Å². The number of likely N-dealkylation sites (tertiary alicyclic amines) is 1. The second-order valence-electron chi connectivity index (χ2n) is 4.50. The number of carbonyl (C=O) groups is 2. The van der Waals surface area contributed by atoms with E-state index in [0.717, 1.165) is 12.8 Å². The van der Waals surface area contributed by atoms with Crippen molar-refractivity contribution in [1.82, 2.24) is 10.2 Å². The first-order valence-corrected chi connectivity index (χ1v) is 6.56. The van der Waals surface area contributed by atoms with Gasteiger partial charge in [0.15, 0.2) is 0 Å². The molecule has 1 heterocycles. The largest absolute Gasteiger partial charge is 0.450 e. The average molecular weight is 257 g/mol. The number of carbonyl (C=O) groups excluding carboxylic acids is 2. The second kappa shape index (κ2) is 7.20. The highest BCUT2D eigenvalue weighted by Crippen LogP contribution is 2.11. The zero-order chi connectivity index (χ0) is 13.5. The number of nitrogens with two attached hydrogens (primary N) is 1. The Morgan fingerprint density at radius 1 is 1.50 bits per heavy atom. The summed E-state index contributed by atoms with van der Waals surface area (Å²) >= 11 is 0. The Labute approximate surface area is 108 Å². The standard InChI is InChI=1S/C12H23N3O3/c1-3-10(13)11(16)15-7-5-6-9(8-15)14-12(17)18-4-2/h9-10H,3-8,13H2,1-2H3,(H,14,17)/t9?,10-/m1/s1. The molecule has 0 aromatic rings. The summed E-state index contributed by atoms with van der Waals surface area (Å²) in [6.45, 7) is 5.23. The molecule has 0 spiro atoms. The molecule has 0 aromatic carbocycles. The van der Waals surface area contributed by atoms with E-state index < -0.39 is 12.1 Å². The monoisotopic (exact) mass is 257 g/mol. The van der Waals surface area contributed by atoms with Crippen LogP contribution in [0.15, 0.2) is 0 Å². The summed E-state index contributed by atoms with van der Waals surface area (Å²) in [6, 6.07) is -0.475. The third kappa shape index (κ3) is 4.18. The Bertz CT molecular complexity index is 296. The minimum atomic E-state index is -0.439. The molecular formula is C12H23N3O3. The van der Waals surface area contributed by atoms with E-state index >= 15 is 0 Å². The molecule has 1 fully saturated rings. The van der Waals surface area contributed by atoms with Crippen LogP contribution in [-0.4, -0.2) is 48.7 Å². The van der Waals surface area contributed by atoms with Gasteiger partial charge in [-0.3, -0.25) is 4.79 Å². The third-order valence-electron chi connectivity index (χ3n) is 3.09. The lowest BCUT2D eigenvalue weighted by molar-refractivity contribution is -0.134. The number of hydrogen-bond donors (Lipinski definition) is 2. The van der Waals surface area contributed by atoms with E-state index in [-0.39, 0.29) is 11.9 Å². The second-order valence-corrected chi connectivity index (χ2v) is 4.50. The minimum Gasteiger partial charge on any atom is -0.450 e. The van der Waals surface area contributed by atoms with Crippen LogP contribution in [-0.2, 0) is 9.53 Å². The predicted molar refractivity (Wildman–Crippen MR) is 68.0 cm³/mol. The molecule has 1 unspecified atom stereocenters. The molecule has 1 aliphatic rings. The Morgan fingerprint density at radius 2 is 2.22 bits per heavy atom. The lowest BCUT2D eigenvalue weighted by Crippen LogP contribution is -2.53. The molecule has 3 N–H and O–H groups in total. The van der Waals surface area contributed by atoms with Gasteiger partial charge < -0.3 is 20.7 Å². The van der Waals surface area contributed by atoms with Crippen LogP contribution in [0.5, 0.6) is 0 Å². The van der Waals surface area contributed by atoms with Crippen LogP contribution < -0.4 is 11.1 Å². The summed E-state index contributed by atoms with van der Waals surface area (Å²) in [5.41, 5.74) is 5.74. The van der Waals surface area contributed by atoms with E-state index in [1.165, 1.54) is 0 Å². The summed E-state index contributed by atoms with van der Waals surface area (Å²) in [4.78, 5) is 25.0. The molecule has 0 bridgehead atoms. The number of alkyl carbamates (subject to hydrolysis) is 1. The number of hydrogen-bond acceptors (Lipinski definition) is 4. The van der Waals surface area contributed by atoms with Crippen molar-refractivity contribution in [3.63, 3.8) is 0 Å². The molecular weight excluding hydrogens is 234 g/mol. The molecule has 0 saturated carbocycles. The normalized spacial score (nSPS) is 21.3. The summed E-state index contributed by atoms with van der Waals surface area (Å²) in [5, 5.41) is 2.77. The van der Waals surface area contributed by atoms with Crippen LogP contribution in [0.1, 0.15) is 33.1 Å². The highest BCUT2D eigenvalue weighted by atomic mass is 16.5. The van der Waals surface area contributed by atoms with E-state index in [2.05, 4.69) is 5.32 Å². The maximum Gasteiger partial charge on any atom is 0.407 e. The summed E-state index contributed by atoms with van der Waals surface area (Å²) < 4.78 is 4.83. The van der Waals surface area contributed by atoms with Gasteiger partial charge in [0.25, 0.3) is 0 Å². The Hall–Kier alpha value is -1.30. The summed E-state index contributed by atoms with van der Waals surface area (Å²) in [5.74, 6) is -0.0344. The van der Waals surface area contributed by atoms with Crippen LogP contribution in [0.2, 0.25) is 0 Å². The maximum absolute atomic E-state index is 11.9. The Balaban J connectivity index is 2.45. The number of rotatable bonds is 4. The maximum atomic E-state index is 11.9. The summed E-state index contributed by atoms with van der Waals surface area (Å²) in [6.07, 6.45) is 1.95. The van der Waals surface area contributed by atoms with Gasteiger partial charge in [-0.15, -0.1) is 0 Å². The zero-order valence-corrected chi connectivity index (χ0v) is 11.1. The van der Waals surface area contributed by atoms with Gasteiger partial charge in [-0.05, 0) is 26.2 Å². The SMILES string of the molecule is CCOC(=O)NC1CCCN(C(=O)[C@H](N)CC)C1. The number of nitrogens with one attached hydrogen (secondary N) is 1. The molecule has 0 aliphatic carbocycles. The van der Waals surface area contributed by atoms with Gasteiger partial charge in [0.1, 0.15) is 0 Å². The molecule has 2 amide bonds. The van der Waals surface area contributed by atoms with E-state index in [4.69, 9.17) is 10.5 Å². The van der Waals surface area contributed by atoms with Gasteiger partial charge in [-0.2, -0.15) is 0 Å². The average Bonchev–Trinajstić information content (AvgIpc) is 2.37. The number of nitrogens with zero attached hydrogens (tertiary/aromatic N) is 1. The highest BCUT2D eigenvalue weighted by molar-refractivity contribution is 5.81. The topological polar surface area (TPSA) is 84.7 Å². The van der Waals surface area contributed by atoms with Crippen molar-refractivity contribution in [2.75, 3.05) is 19.7 Å². The van der Waals surface area contributed by atoms with Crippen LogP contribution in [0.25, 0.3) is 0 Å². The van der Waals surface area contributed by atoms with Gasteiger partial charge >= 0.3 is 6.09 Å². The fourth-order valence-corrected chi connectivity index (χ4v) is 2.04. The van der Waals surface area contributed by atoms with Gasteiger partial charge in [0.2, 0.25) is 5.91 Å². The van der Waals surface area contributed by atoms with Crippen molar-refractivity contribution >= 4 is 12.0 Å². The molecule has 1 rings (SSSR count). The van der Waals surface area contributed by atoms with E-state index in [1.54, 1.807) is 11.8 Å². The van der Waals surface area contributed by atoms with Gasteiger partial charge in [0.05, 0.1) is 12.6 Å². The van der Waals surface area contributed by atoms with Crippen molar-refractivity contribution in [1.29, 1.82) is 0 Å². The van der Waals surface area contributed by atoms with E-state index in [1.807, 2.05) is 6.92 Å². The number of amides is 2. The first kappa shape index (κ1) is 14.8. The number of piperidine rings is 1. The van der Waals surface area contributed by atoms with Crippen molar-refractivity contribution in [3.8, 4) is 0 Å². The predicted octanol–water partition coefficient (Wildman–Crippen LogP) is 0.461. The van der Waals surface area contributed by atoms with E-state index in [0.29, 0.717) is 26.1 Å². The molecule has 18 heavy (non-hydrogen) atoms. The fraction of sp³-hybridized carbons (Fsp3) is 0.833. The first-order chi connectivity index (χ1) is 8.58. The first-order valence-electron chi connectivity index (χ1n) is 6.56. The molecule has 1 saturated heterocycles. The minimum absolute atomic E-state index is 0.0344. The molecule has 2 atom stereocenters. The molecule has 1 aliphatic heterocycles. The van der Waals surface area contributed by atoms with Crippen molar-refractivity contribution < 1.29 is 14.3 Å². The van der Waals surface area contributed by atoms with Gasteiger partial charge in [0, 0.05) is 19.1 Å². The lowest BCUT2D eigenvalue weighted by Gasteiger charge is -2.34. The van der Waals surface area contributed by atoms with Crippen molar-refractivity contribution in [2.24, 2.45) is 5.73 Å². The van der Waals surface area contributed by atoms with Crippen LogP contribution >= 0.6 is 0 Å². The molecule has 0 radical (unpaired) electrons. The Kier molecular flexibility index (Phi) is 5.91. The van der Waals surface area contributed by atoms with Crippen LogP contribution in [0.4, 0.5) is 4.79 Å². The quantitative estimate of drug-likeness (QED) is 0.766. The smallest absolute Gasteiger partial charge is 0.407 e. The van der Waals surface area contributed by atoms with Crippen molar-refractivity contribution in [3.05, 3.63) is 0 Å². The van der Waals surface area contributed by atoms with Crippen LogP contribution in [0, 0.1) is 0 Å². The van der Waals surface area contributed by atoms with E-state index in [9.17, 15) is 9.59 Å². The Morgan fingerprint density at radius 3 is 2.83 bits per heavy atom. The highest BCUT2D eigenvalue weighted by Gasteiger charge is 2.27. The molecule has 6 heteroatoms. The third-order valence-corrected chi connectivity index (χ3v) is 3.09. The van der Waals surface area contributed by atoms with Crippen LogP contribution in [0.3, 0.4) is 0 Å². The zero-order valence-electron chi connectivity index (χ0n) is 11.1. The molecule has 6 nitrogen and oxygen atoms in total. The molecule has 0 aromatic heterocycles.